The number of nitrogens with one attached hydrogen (secondary N) is 1. The molecule has 27 heavy (non-hydrogen) atoms. The third-order valence-corrected chi connectivity index (χ3v) is 4.81. The van der Waals surface area contributed by atoms with E-state index in [0.29, 0.717) is 12.2 Å². The number of hydrogen-bond acceptors (Lipinski definition) is 3. The van der Waals surface area contributed by atoms with E-state index < -0.39 is 0 Å². The molecular formula is C20H16IN5O. The van der Waals surface area contributed by atoms with Crippen LogP contribution in [0.4, 0.5) is 0 Å². The molecule has 1 amide bonds. The van der Waals surface area contributed by atoms with E-state index in [0.717, 1.165) is 20.5 Å². The van der Waals surface area contributed by atoms with Crippen molar-refractivity contribution in [3.05, 3.63) is 94.3 Å². The largest absolute Gasteiger partial charge is 0.347 e. The zero-order chi connectivity index (χ0) is 18.6. The molecule has 134 valence electrons. The smallest absolute Gasteiger partial charge is 0.268 e. The SMILES string of the molecule is O=C(NCc1ccc(-n2cncn2)cc1)c1cccn1-c1cccc(I)c1. The first-order valence-electron chi connectivity index (χ1n) is 8.36. The van der Waals surface area contributed by atoms with Crippen LogP contribution in [0.5, 0.6) is 0 Å². The molecule has 0 saturated heterocycles. The van der Waals surface area contributed by atoms with Crippen molar-refractivity contribution in [2.24, 2.45) is 0 Å². The second kappa shape index (κ2) is 7.75. The van der Waals surface area contributed by atoms with Crippen LogP contribution in [0.15, 0.2) is 79.5 Å². The maximum absolute atomic E-state index is 12.7. The Hall–Kier alpha value is -2.94. The first kappa shape index (κ1) is 17.5. The number of nitrogens with zero attached hydrogens (tertiary/aromatic N) is 4. The number of benzene rings is 2. The van der Waals surface area contributed by atoms with Crippen LogP contribution in [-0.4, -0.2) is 25.2 Å². The van der Waals surface area contributed by atoms with Crippen molar-refractivity contribution < 1.29 is 4.79 Å². The summed E-state index contributed by atoms with van der Waals surface area (Å²) in [7, 11) is 0. The number of carbonyl (C=O) groups is 1. The quantitative estimate of drug-likeness (QED) is 0.455. The Morgan fingerprint density at radius 2 is 1.89 bits per heavy atom. The minimum atomic E-state index is -0.112. The molecule has 0 spiro atoms. The number of rotatable bonds is 5. The van der Waals surface area contributed by atoms with Gasteiger partial charge >= 0.3 is 0 Å². The van der Waals surface area contributed by atoms with Crippen molar-refractivity contribution in [1.29, 1.82) is 0 Å². The maximum Gasteiger partial charge on any atom is 0.268 e. The fourth-order valence-corrected chi connectivity index (χ4v) is 3.32. The van der Waals surface area contributed by atoms with Gasteiger partial charge in [0.15, 0.2) is 0 Å². The fraction of sp³-hybridized carbons (Fsp3) is 0.0500. The first-order chi connectivity index (χ1) is 13.2. The average Bonchev–Trinajstić information content (AvgIpc) is 3.38. The third-order valence-electron chi connectivity index (χ3n) is 4.14. The molecule has 0 saturated carbocycles. The second-order valence-electron chi connectivity index (χ2n) is 5.93. The van der Waals surface area contributed by atoms with Gasteiger partial charge < -0.3 is 9.88 Å². The molecule has 0 atom stereocenters. The molecule has 0 aliphatic heterocycles. The third kappa shape index (κ3) is 3.92. The Bertz CT molecular complexity index is 1050. The lowest BCUT2D eigenvalue weighted by Gasteiger charge is -2.11. The summed E-state index contributed by atoms with van der Waals surface area (Å²) in [6.45, 7) is 0.452. The summed E-state index contributed by atoms with van der Waals surface area (Å²) in [6.07, 6.45) is 5.04. The van der Waals surface area contributed by atoms with Crippen molar-refractivity contribution in [2.75, 3.05) is 0 Å². The van der Waals surface area contributed by atoms with E-state index in [1.807, 2.05) is 71.4 Å². The molecule has 0 fully saturated rings. The van der Waals surface area contributed by atoms with Crippen LogP contribution in [0.2, 0.25) is 0 Å². The zero-order valence-electron chi connectivity index (χ0n) is 14.3. The van der Waals surface area contributed by atoms with Crippen molar-refractivity contribution >= 4 is 28.5 Å². The van der Waals surface area contributed by atoms with Gasteiger partial charge in [0, 0.05) is 22.0 Å². The van der Waals surface area contributed by atoms with Crippen molar-refractivity contribution in [3.8, 4) is 11.4 Å². The molecule has 6 nitrogen and oxygen atoms in total. The topological polar surface area (TPSA) is 64.7 Å². The Balaban J connectivity index is 1.45. The van der Waals surface area contributed by atoms with Crippen molar-refractivity contribution in [2.45, 2.75) is 6.54 Å². The highest BCUT2D eigenvalue weighted by molar-refractivity contribution is 14.1. The summed E-state index contributed by atoms with van der Waals surface area (Å²) in [5.74, 6) is -0.112. The highest BCUT2D eigenvalue weighted by Crippen LogP contribution is 2.16. The number of amides is 1. The van der Waals surface area contributed by atoms with Gasteiger partial charge in [0.05, 0.1) is 5.69 Å². The van der Waals surface area contributed by atoms with Crippen LogP contribution in [0, 0.1) is 3.57 Å². The Labute approximate surface area is 170 Å². The predicted molar refractivity (Wildman–Crippen MR) is 111 cm³/mol. The lowest BCUT2D eigenvalue weighted by Crippen LogP contribution is -2.25. The Morgan fingerprint density at radius 1 is 1.04 bits per heavy atom. The van der Waals surface area contributed by atoms with Gasteiger partial charge in [0.1, 0.15) is 18.3 Å². The lowest BCUT2D eigenvalue weighted by atomic mass is 10.2. The normalized spacial score (nSPS) is 10.7. The van der Waals surface area contributed by atoms with Gasteiger partial charge in [0.25, 0.3) is 5.91 Å². The van der Waals surface area contributed by atoms with Gasteiger partial charge in [-0.1, -0.05) is 18.2 Å². The summed E-state index contributed by atoms with van der Waals surface area (Å²) in [6, 6.07) is 19.6. The van der Waals surface area contributed by atoms with Crippen LogP contribution in [-0.2, 0) is 6.54 Å². The molecule has 0 unspecified atom stereocenters. The summed E-state index contributed by atoms with van der Waals surface area (Å²) in [5.41, 5.74) is 3.51. The van der Waals surface area contributed by atoms with E-state index in [1.165, 1.54) is 6.33 Å². The minimum absolute atomic E-state index is 0.112. The molecule has 0 aliphatic carbocycles. The highest BCUT2D eigenvalue weighted by atomic mass is 127. The van der Waals surface area contributed by atoms with E-state index in [9.17, 15) is 4.79 Å². The maximum atomic E-state index is 12.7. The molecule has 4 aromatic rings. The molecule has 4 rings (SSSR count). The standard InChI is InChI=1S/C20H16IN5O/c21-16-3-1-4-18(11-16)25-10-2-5-19(25)20(27)23-12-15-6-8-17(9-7-15)26-14-22-13-24-26/h1-11,13-14H,12H2,(H,23,27). The highest BCUT2D eigenvalue weighted by Gasteiger charge is 2.12. The molecule has 2 heterocycles. The van der Waals surface area contributed by atoms with E-state index in [4.69, 9.17) is 0 Å². The number of halogens is 1. The summed E-state index contributed by atoms with van der Waals surface area (Å²) < 4.78 is 4.71. The molecule has 0 radical (unpaired) electrons. The monoisotopic (exact) mass is 469 g/mol. The van der Waals surface area contributed by atoms with Crippen LogP contribution in [0.25, 0.3) is 11.4 Å². The average molecular weight is 469 g/mol. The Kier molecular flexibility index (Phi) is 5.01. The van der Waals surface area contributed by atoms with E-state index in [-0.39, 0.29) is 5.91 Å². The van der Waals surface area contributed by atoms with E-state index in [1.54, 1.807) is 11.0 Å². The van der Waals surface area contributed by atoms with Crippen molar-refractivity contribution in [3.63, 3.8) is 0 Å². The molecule has 0 aliphatic rings. The van der Waals surface area contributed by atoms with E-state index >= 15 is 0 Å². The van der Waals surface area contributed by atoms with Crippen LogP contribution in [0.3, 0.4) is 0 Å². The number of hydrogen-bond donors (Lipinski definition) is 1. The fourth-order valence-electron chi connectivity index (χ4n) is 2.80. The molecule has 7 heteroatoms. The van der Waals surface area contributed by atoms with Gasteiger partial charge in [-0.3, -0.25) is 4.79 Å². The number of aromatic nitrogens is 4. The van der Waals surface area contributed by atoms with E-state index in [2.05, 4.69) is 38.0 Å². The zero-order valence-corrected chi connectivity index (χ0v) is 16.4. The summed E-state index contributed by atoms with van der Waals surface area (Å²) in [4.78, 5) is 16.6. The number of carbonyl (C=O) groups excluding carboxylic acids is 1. The lowest BCUT2D eigenvalue weighted by molar-refractivity contribution is 0.0944. The molecule has 2 aromatic heterocycles. The molecule has 2 aromatic carbocycles. The summed E-state index contributed by atoms with van der Waals surface area (Å²) >= 11 is 2.27. The first-order valence-corrected chi connectivity index (χ1v) is 9.44. The van der Waals surface area contributed by atoms with Crippen molar-refractivity contribution in [1.82, 2.24) is 24.6 Å². The van der Waals surface area contributed by atoms with Gasteiger partial charge in [-0.05, 0) is 70.6 Å². The molecule has 0 bridgehead atoms. The van der Waals surface area contributed by atoms with Gasteiger partial charge in [-0.2, -0.15) is 5.10 Å². The van der Waals surface area contributed by atoms with Crippen LogP contribution >= 0.6 is 22.6 Å². The van der Waals surface area contributed by atoms with Gasteiger partial charge in [-0.15, -0.1) is 0 Å². The molecular weight excluding hydrogens is 453 g/mol. The summed E-state index contributed by atoms with van der Waals surface area (Å²) in [5, 5.41) is 7.09. The Morgan fingerprint density at radius 3 is 2.63 bits per heavy atom. The minimum Gasteiger partial charge on any atom is -0.347 e. The second-order valence-corrected chi connectivity index (χ2v) is 7.18. The van der Waals surface area contributed by atoms with Gasteiger partial charge in [0.2, 0.25) is 0 Å². The predicted octanol–water partition coefficient (Wildman–Crippen LogP) is 3.59. The van der Waals surface area contributed by atoms with Gasteiger partial charge in [-0.25, -0.2) is 9.67 Å². The molecule has 1 N–H and O–H groups in total. The van der Waals surface area contributed by atoms with Crippen LogP contribution in [0.1, 0.15) is 16.1 Å². The van der Waals surface area contributed by atoms with Crippen LogP contribution < -0.4 is 5.32 Å².